The van der Waals surface area contributed by atoms with Crippen molar-refractivity contribution in [3.05, 3.63) is 38.3 Å². The summed E-state index contributed by atoms with van der Waals surface area (Å²) in [7, 11) is 0. The molecule has 5 nitrogen and oxygen atoms in total. The highest BCUT2D eigenvalue weighted by atomic mass is 79.9. The van der Waals surface area contributed by atoms with E-state index in [4.69, 9.17) is 5.11 Å². The first kappa shape index (κ1) is 13.6. The highest BCUT2D eigenvalue weighted by Gasteiger charge is 2.19. The maximum atomic E-state index is 10.5. The van der Waals surface area contributed by atoms with Crippen LogP contribution in [0.15, 0.2) is 22.7 Å². The maximum absolute atomic E-state index is 10.5. The minimum absolute atomic E-state index is 0.312. The van der Waals surface area contributed by atoms with Crippen molar-refractivity contribution >= 4 is 27.6 Å². The Morgan fingerprint density at radius 2 is 2.00 bits per heavy atom. The Labute approximate surface area is 95.0 Å². The van der Waals surface area contributed by atoms with Gasteiger partial charge in [-0.2, -0.15) is 0 Å². The van der Waals surface area contributed by atoms with Crippen LogP contribution in [-0.2, 0) is 0 Å². The van der Waals surface area contributed by atoms with Crippen molar-refractivity contribution in [2.45, 2.75) is 13.8 Å². The minimum Gasteiger partial charge on any atom is -0.477 e. The van der Waals surface area contributed by atoms with E-state index in [2.05, 4.69) is 15.9 Å². The molecule has 0 heterocycles. The van der Waals surface area contributed by atoms with E-state index in [0.717, 1.165) is 6.07 Å². The molecule has 0 amide bonds. The number of halogens is 1. The first-order chi connectivity index (χ1) is 7.02. The van der Waals surface area contributed by atoms with Gasteiger partial charge in [-0.05, 0) is 12.1 Å². The number of hydrogen-bond acceptors (Lipinski definition) is 3. The summed E-state index contributed by atoms with van der Waals surface area (Å²) in [6, 6.07) is 3.78. The van der Waals surface area contributed by atoms with Gasteiger partial charge < -0.3 is 5.11 Å². The topological polar surface area (TPSA) is 80.4 Å². The van der Waals surface area contributed by atoms with Crippen molar-refractivity contribution in [1.29, 1.82) is 0 Å². The van der Waals surface area contributed by atoms with E-state index in [1.807, 2.05) is 13.8 Å². The summed E-state index contributed by atoms with van der Waals surface area (Å²) < 4.78 is 0.476. The van der Waals surface area contributed by atoms with E-state index in [9.17, 15) is 14.9 Å². The molecule has 1 aromatic rings. The Hall–Kier alpha value is -1.43. The number of carbonyl (C=O) groups is 1. The number of carboxylic acids is 1. The predicted octanol–water partition coefficient (Wildman–Crippen LogP) is 3.08. The molecule has 0 radical (unpaired) electrons. The zero-order chi connectivity index (χ0) is 12.0. The van der Waals surface area contributed by atoms with Gasteiger partial charge in [0.2, 0.25) is 0 Å². The molecule has 0 atom stereocenters. The van der Waals surface area contributed by atoms with Gasteiger partial charge in [-0.15, -0.1) is 0 Å². The molecular weight excluding hydrogens is 266 g/mol. The van der Waals surface area contributed by atoms with Crippen LogP contribution in [0.4, 0.5) is 5.69 Å². The summed E-state index contributed by atoms with van der Waals surface area (Å²) in [6.45, 7) is 4.00. The molecule has 0 aliphatic rings. The van der Waals surface area contributed by atoms with E-state index < -0.39 is 16.6 Å². The second kappa shape index (κ2) is 6.13. The molecular formula is C9H10BrNO4. The summed E-state index contributed by atoms with van der Waals surface area (Å²) in [5.41, 5.74) is -0.727. The van der Waals surface area contributed by atoms with Crippen molar-refractivity contribution in [2.24, 2.45) is 0 Å². The number of nitro benzene ring substituents is 1. The molecule has 1 N–H and O–H groups in total. The third-order valence-corrected chi connectivity index (χ3v) is 1.88. The lowest BCUT2D eigenvalue weighted by Gasteiger charge is -1.97. The van der Waals surface area contributed by atoms with Crippen LogP contribution in [0.25, 0.3) is 0 Å². The molecule has 1 aromatic carbocycles. The predicted molar refractivity (Wildman–Crippen MR) is 59.1 cm³/mol. The molecule has 1 rings (SSSR count). The fourth-order valence-electron chi connectivity index (χ4n) is 0.837. The number of hydrogen-bond donors (Lipinski definition) is 1. The lowest BCUT2D eigenvalue weighted by atomic mass is 10.2. The van der Waals surface area contributed by atoms with Gasteiger partial charge in [0, 0.05) is 10.5 Å². The first-order valence-corrected chi connectivity index (χ1v) is 4.99. The van der Waals surface area contributed by atoms with Crippen molar-refractivity contribution < 1.29 is 14.8 Å². The van der Waals surface area contributed by atoms with E-state index in [1.54, 1.807) is 0 Å². The van der Waals surface area contributed by atoms with E-state index in [1.165, 1.54) is 12.1 Å². The quantitative estimate of drug-likeness (QED) is 0.664. The monoisotopic (exact) mass is 275 g/mol. The minimum atomic E-state index is -1.31. The fourth-order valence-corrected chi connectivity index (χ4v) is 1.19. The molecule has 15 heavy (non-hydrogen) atoms. The molecule has 6 heteroatoms. The van der Waals surface area contributed by atoms with Crippen LogP contribution in [0.1, 0.15) is 24.2 Å². The Morgan fingerprint density at radius 3 is 2.40 bits per heavy atom. The molecule has 0 bridgehead atoms. The van der Waals surface area contributed by atoms with Crippen molar-refractivity contribution in [3.8, 4) is 0 Å². The molecule has 0 unspecified atom stereocenters. The Balaban J connectivity index is 0.000000921. The van der Waals surface area contributed by atoms with Gasteiger partial charge >= 0.3 is 5.97 Å². The average Bonchev–Trinajstić information content (AvgIpc) is 2.20. The molecule has 0 aliphatic carbocycles. The molecule has 0 aromatic heterocycles. The van der Waals surface area contributed by atoms with Crippen molar-refractivity contribution in [1.82, 2.24) is 0 Å². The number of carboxylic acid groups (broad SMARTS) is 1. The summed E-state index contributed by atoms with van der Waals surface area (Å²) in [6.07, 6.45) is 0. The summed E-state index contributed by atoms with van der Waals surface area (Å²) in [5, 5.41) is 19.0. The number of nitrogens with zero attached hydrogens (tertiary/aromatic N) is 1. The molecule has 0 saturated carbocycles. The third-order valence-electron chi connectivity index (χ3n) is 1.39. The molecule has 0 saturated heterocycles. The van der Waals surface area contributed by atoms with Gasteiger partial charge in [-0.1, -0.05) is 29.8 Å². The molecule has 0 spiro atoms. The average molecular weight is 276 g/mol. The second-order valence-electron chi connectivity index (χ2n) is 2.22. The summed E-state index contributed by atoms with van der Waals surface area (Å²) in [5.74, 6) is -1.31. The van der Waals surface area contributed by atoms with Crippen LogP contribution in [-0.4, -0.2) is 16.0 Å². The van der Waals surface area contributed by atoms with Gasteiger partial charge in [0.1, 0.15) is 5.56 Å². The number of aromatic carboxylic acids is 1. The lowest BCUT2D eigenvalue weighted by molar-refractivity contribution is -0.385. The van der Waals surface area contributed by atoms with Crippen LogP contribution in [0.2, 0.25) is 0 Å². The van der Waals surface area contributed by atoms with Crippen molar-refractivity contribution in [3.63, 3.8) is 0 Å². The van der Waals surface area contributed by atoms with Crippen LogP contribution >= 0.6 is 15.9 Å². The van der Waals surface area contributed by atoms with E-state index in [0.29, 0.717) is 4.47 Å². The number of benzene rings is 1. The van der Waals surface area contributed by atoms with Crippen LogP contribution in [0.3, 0.4) is 0 Å². The molecule has 0 aliphatic heterocycles. The van der Waals surface area contributed by atoms with Gasteiger partial charge in [0.15, 0.2) is 0 Å². The Morgan fingerprint density at radius 1 is 1.47 bits per heavy atom. The highest BCUT2D eigenvalue weighted by Crippen LogP contribution is 2.23. The third kappa shape index (κ3) is 3.67. The second-order valence-corrected chi connectivity index (χ2v) is 3.14. The zero-order valence-electron chi connectivity index (χ0n) is 8.23. The van der Waals surface area contributed by atoms with Crippen LogP contribution < -0.4 is 0 Å². The maximum Gasteiger partial charge on any atom is 0.342 e. The van der Waals surface area contributed by atoms with Gasteiger partial charge in [0.05, 0.1) is 4.92 Å². The SMILES string of the molecule is CC.O=C(O)c1ccc(Br)cc1[N+](=O)[O-]. The van der Waals surface area contributed by atoms with Gasteiger partial charge in [0.25, 0.3) is 5.69 Å². The van der Waals surface area contributed by atoms with Crippen molar-refractivity contribution in [2.75, 3.05) is 0 Å². The number of nitro groups is 1. The van der Waals surface area contributed by atoms with E-state index in [-0.39, 0.29) is 5.56 Å². The van der Waals surface area contributed by atoms with Crippen LogP contribution in [0, 0.1) is 10.1 Å². The molecule has 0 fully saturated rings. The fraction of sp³-hybridized carbons (Fsp3) is 0.222. The Kier molecular flexibility index (Phi) is 5.54. The lowest BCUT2D eigenvalue weighted by Crippen LogP contribution is -2.02. The first-order valence-electron chi connectivity index (χ1n) is 4.19. The zero-order valence-corrected chi connectivity index (χ0v) is 9.82. The van der Waals surface area contributed by atoms with Gasteiger partial charge in [-0.3, -0.25) is 10.1 Å². The summed E-state index contributed by atoms with van der Waals surface area (Å²) >= 11 is 3.02. The largest absolute Gasteiger partial charge is 0.477 e. The molecule has 82 valence electrons. The normalized spacial score (nSPS) is 8.73. The standard InChI is InChI=1S/C7H4BrNO4.C2H6/c8-4-1-2-5(7(10)11)6(3-4)9(12)13;1-2/h1-3H,(H,10,11);1-2H3. The number of rotatable bonds is 2. The van der Waals surface area contributed by atoms with Gasteiger partial charge in [-0.25, -0.2) is 4.79 Å². The summed E-state index contributed by atoms with van der Waals surface area (Å²) in [4.78, 5) is 20.2. The highest BCUT2D eigenvalue weighted by molar-refractivity contribution is 9.10. The Bertz CT molecular complexity index is 378. The van der Waals surface area contributed by atoms with E-state index >= 15 is 0 Å². The van der Waals surface area contributed by atoms with Crippen LogP contribution in [0.5, 0.6) is 0 Å². The smallest absolute Gasteiger partial charge is 0.342 e.